The number of hydrogen-bond acceptors (Lipinski definition) is 2. The highest BCUT2D eigenvalue weighted by Gasteiger charge is 2.42. The van der Waals surface area contributed by atoms with E-state index in [1.165, 1.54) is 5.56 Å². The van der Waals surface area contributed by atoms with Crippen LogP contribution in [0.5, 0.6) is 0 Å². The quantitative estimate of drug-likeness (QED) is 0.920. The first-order valence-corrected chi connectivity index (χ1v) is 7.10. The lowest BCUT2D eigenvalue weighted by Gasteiger charge is -2.39. The molecule has 0 aromatic heterocycles. The zero-order chi connectivity index (χ0) is 14.9. The molecule has 2 rings (SSSR count). The minimum atomic E-state index is -0.800. The van der Waals surface area contributed by atoms with Crippen molar-refractivity contribution in [1.29, 1.82) is 0 Å². The van der Waals surface area contributed by atoms with Gasteiger partial charge < -0.3 is 10.2 Å². The van der Waals surface area contributed by atoms with E-state index < -0.39 is 5.54 Å². The number of rotatable bonds is 3. The van der Waals surface area contributed by atoms with Crippen LogP contribution in [0.3, 0.4) is 0 Å². The second-order valence-corrected chi connectivity index (χ2v) is 5.87. The number of anilines is 1. The molecule has 1 aromatic carbocycles. The van der Waals surface area contributed by atoms with Crippen LogP contribution in [-0.4, -0.2) is 23.9 Å². The highest BCUT2D eigenvalue weighted by Crippen LogP contribution is 2.25. The molecular weight excluding hydrogens is 252 g/mol. The molecule has 1 heterocycles. The van der Waals surface area contributed by atoms with Crippen LogP contribution < -0.4 is 10.2 Å². The molecule has 20 heavy (non-hydrogen) atoms. The maximum absolute atomic E-state index is 12.6. The molecule has 2 amide bonds. The van der Waals surface area contributed by atoms with Crippen molar-refractivity contribution in [3.05, 3.63) is 29.8 Å². The first-order chi connectivity index (χ1) is 9.37. The number of piperazine rings is 1. The topological polar surface area (TPSA) is 49.4 Å². The molecule has 1 aliphatic heterocycles. The van der Waals surface area contributed by atoms with Gasteiger partial charge in [0.1, 0.15) is 12.1 Å². The summed E-state index contributed by atoms with van der Waals surface area (Å²) in [7, 11) is 0. The maximum Gasteiger partial charge on any atom is 0.252 e. The third kappa shape index (κ3) is 2.55. The largest absolute Gasteiger partial charge is 0.340 e. The van der Waals surface area contributed by atoms with Crippen LogP contribution in [0.2, 0.25) is 0 Å². The van der Waals surface area contributed by atoms with E-state index in [4.69, 9.17) is 0 Å². The van der Waals surface area contributed by atoms with Crippen LogP contribution in [0, 0.1) is 0 Å². The first-order valence-electron chi connectivity index (χ1n) is 7.10. The highest BCUT2D eigenvalue weighted by atomic mass is 16.2. The predicted molar refractivity (Wildman–Crippen MR) is 79.7 cm³/mol. The lowest BCUT2D eigenvalue weighted by Crippen LogP contribution is -2.65. The van der Waals surface area contributed by atoms with Gasteiger partial charge in [0.05, 0.1) is 0 Å². The van der Waals surface area contributed by atoms with E-state index in [0.717, 1.165) is 5.69 Å². The molecule has 1 N–H and O–H groups in total. The van der Waals surface area contributed by atoms with Crippen LogP contribution >= 0.6 is 0 Å². The molecule has 0 bridgehead atoms. The van der Waals surface area contributed by atoms with Gasteiger partial charge in [-0.25, -0.2) is 0 Å². The summed E-state index contributed by atoms with van der Waals surface area (Å²) in [5, 5.41) is 2.79. The summed E-state index contributed by atoms with van der Waals surface area (Å²) in [6, 6.07) is 7.87. The van der Waals surface area contributed by atoms with E-state index >= 15 is 0 Å². The third-order valence-corrected chi connectivity index (χ3v) is 4.01. The monoisotopic (exact) mass is 274 g/mol. The summed E-state index contributed by atoms with van der Waals surface area (Å²) >= 11 is 0. The second kappa shape index (κ2) is 5.27. The second-order valence-electron chi connectivity index (χ2n) is 5.87. The third-order valence-electron chi connectivity index (χ3n) is 4.01. The lowest BCUT2D eigenvalue weighted by atomic mass is 9.93. The Morgan fingerprint density at radius 3 is 2.35 bits per heavy atom. The van der Waals surface area contributed by atoms with Crippen molar-refractivity contribution in [2.45, 2.75) is 45.6 Å². The summed E-state index contributed by atoms with van der Waals surface area (Å²) < 4.78 is 0. The molecule has 4 heteroatoms. The Balaban J connectivity index is 2.31. The van der Waals surface area contributed by atoms with Crippen molar-refractivity contribution in [3.63, 3.8) is 0 Å². The summed E-state index contributed by atoms with van der Waals surface area (Å²) in [6.07, 6.45) is 0.581. The number of amides is 2. The van der Waals surface area contributed by atoms with Gasteiger partial charge in [-0.05, 0) is 37.0 Å². The Kier molecular flexibility index (Phi) is 3.84. The number of carbonyl (C=O) groups is 2. The van der Waals surface area contributed by atoms with Crippen molar-refractivity contribution in [2.24, 2.45) is 0 Å². The van der Waals surface area contributed by atoms with Gasteiger partial charge in [0.2, 0.25) is 5.91 Å². The van der Waals surface area contributed by atoms with Crippen molar-refractivity contribution < 1.29 is 9.59 Å². The molecule has 1 saturated heterocycles. The number of carbonyl (C=O) groups excluding carboxylic acids is 2. The van der Waals surface area contributed by atoms with E-state index in [1.807, 2.05) is 31.2 Å². The van der Waals surface area contributed by atoms with Crippen LogP contribution in [0.4, 0.5) is 5.69 Å². The summed E-state index contributed by atoms with van der Waals surface area (Å²) in [5.74, 6) is 0.295. The maximum atomic E-state index is 12.6. The Bertz CT molecular complexity index is 522. The number of hydrogen-bond donors (Lipinski definition) is 1. The molecular formula is C16H22N2O2. The van der Waals surface area contributed by atoms with Crippen molar-refractivity contribution in [1.82, 2.24) is 5.32 Å². The van der Waals surface area contributed by atoms with Gasteiger partial charge >= 0.3 is 0 Å². The van der Waals surface area contributed by atoms with Crippen molar-refractivity contribution in [3.8, 4) is 0 Å². The zero-order valence-electron chi connectivity index (χ0n) is 12.6. The van der Waals surface area contributed by atoms with Gasteiger partial charge in [0.15, 0.2) is 0 Å². The molecule has 0 aliphatic carbocycles. The minimum absolute atomic E-state index is 0.0445. The molecule has 1 aliphatic rings. The van der Waals surface area contributed by atoms with Crippen LogP contribution in [0.1, 0.15) is 45.6 Å². The summed E-state index contributed by atoms with van der Waals surface area (Å²) in [6.45, 7) is 8.03. The van der Waals surface area contributed by atoms with E-state index in [2.05, 4.69) is 19.2 Å². The van der Waals surface area contributed by atoms with Gasteiger partial charge in [-0.15, -0.1) is 0 Å². The predicted octanol–water partition coefficient (Wildman–Crippen LogP) is 2.44. The van der Waals surface area contributed by atoms with Gasteiger partial charge in [0.25, 0.3) is 5.91 Å². The zero-order valence-corrected chi connectivity index (χ0v) is 12.6. The molecule has 0 spiro atoms. The highest BCUT2D eigenvalue weighted by molar-refractivity contribution is 6.08. The molecule has 108 valence electrons. The van der Waals surface area contributed by atoms with Gasteiger partial charge in [-0.1, -0.05) is 32.9 Å². The Labute approximate surface area is 120 Å². The van der Waals surface area contributed by atoms with E-state index in [-0.39, 0.29) is 18.4 Å². The molecule has 0 saturated carbocycles. The van der Waals surface area contributed by atoms with E-state index in [9.17, 15) is 9.59 Å². The van der Waals surface area contributed by atoms with E-state index in [1.54, 1.807) is 11.8 Å². The van der Waals surface area contributed by atoms with Gasteiger partial charge in [0, 0.05) is 5.69 Å². The average Bonchev–Trinajstić information content (AvgIpc) is 2.43. The Hall–Kier alpha value is -1.84. The van der Waals surface area contributed by atoms with Gasteiger partial charge in [-0.3, -0.25) is 9.59 Å². The molecule has 1 atom stereocenters. The molecule has 1 unspecified atom stereocenters. The van der Waals surface area contributed by atoms with E-state index in [0.29, 0.717) is 12.3 Å². The van der Waals surface area contributed by atoms with Gasteiger partial charge in [-0.2, -0.15) is 0 Å². The SMILES string of the molecule is CCC1(C)NC(=O)CN(c2ccc(C(C)C)cc2)C1=O. The summed E-state index contributed by atoms with van der Waals surface area (Å²) in [4.78, 5) is 26.0. The Morgan fingerprint density at radius 2 is 1.85 bits per heavy atom. The van der Waals surface area contributed by atoms with Crippen molar-refractivity contribution >= 4 is 17.5 Å². The lowest BCUT2D eigenvalue weighted by molar-refractivity contribution is -0.135. The number of benzene rings is 1. The normalized spacial score (nSPS) is 23.1. The number of nitrogens with one attached hydrogen (secondary N) is 1. The minimum Gasteiger partial charge on any atom is -0.340 e. The molecule has 4 nitrogen and oxygen atoms in total. The van der Waals surface area contributed by atoms with Crippen LogP contribution in [-0.2, 0) is 9.59 Å². The van der Waals surface area contributed by atoms with Crippen molar-refractivity contribution in [2.75, 3.05) is 11.4 Å². The molecule has 1 aromatic rings. The smallest absolute Gasteiger partial charge is 0.252 e. The van der Waals surface area contributed by atoms with Crippen LogP contribution in [0.25, 0.3) is 0 Å². The average molecular weight is 274 g/mol. The molecule has 1 fully saturated rings. The molecule has 0 radical (unpaired) electrons. The number of nitrogens with zero attached hydrogens (tertiary/aromatic N) is 1. The first kappa shape index (κ1) is 14.6. The fraction of sp³-hybridized carbons (Fsp3) is 0.500. The van der Waals surface area contributed by atoms with Crippen LogP contribution in [0.15, 0.2) is 24.3 Å². The fourth-order valence-corrected chi connectivity index (χ4v) is 2.40. The Morgan fingerprint density at radius 1 is 1.25 bits per heavy atom. The standard InChI is InChI=1S/C16H22N2O2/c1-5-16(4)15(20)18(10-14(19)17-16)13-8-6-12(7-9-13)11(2)3/h6-9,11H,5,10H2,1-4H3,(H,17,19). The summed E-state index contributed by atoms with van der Waals surface area (Å²) in [5.41, 5.74) is 1.21. The fourth-order valence-electron chi connectivity index (χ4n) is 2.40.